The van der Waals surface area contributed by atoms with E-state index >= 15 is 0 Å². The fourth-order valence-electron chi connectivity index (χ4n) is 1.96. The van der Waals surface area contributed by atoms with Gasteiger partial charge in [0, 0.05) is 24.0 Å². The minimum Gasteiger partial charge on any atom is -0.379 e. The van der Waals surface area contributed by atoms with Crippen LogP contribution in [0, 0.1) is 0 Å². The minimum atomic E-state index is 0.536. The van der Waals surface area contributed by atoms with Crippen LogP contribution in [0.3, 0.4) is 0 Å². The van der Waals surface area contributed by atoms with Crippen molar-refractivity contribution in [2.24, 2.45) is 0 Å². The summed E-state index contributed by atoms with van der Waals surface area (Å²) in [4.78, 5) is 3.82. The van der Waals surface area contributed by atoms with Crippen LogP contribution in [-0.2, 0) is 11.3 Å². The summed E-state index contributed by atoms with van der Waals surface area (Å²) in [5.41, 5.74) is 1.39. The monoisotopic (exact) mass is 237 g/mol. The van der Waals surface area contributed by atoms with Gasteiger partial charge in [0.2, 0.25) is 0 Å². The molecular weight excluding hydrogens is 218 g/mol. The molecule has 0 N–H and O–H groups in total. The van der Waals surface area contributed by atoms with Crippen LogP contribution in [0.5, 0.6) is 0 Å². The summed E-state index contributed by atoms with van der Waals surface area (Å²) in [6, 6.07) is 9.40. The van der Waals surface area contributed by atoms with Gasteiger partial charge in [0.25, 0.3) is 0 Å². The summed E-state index contributed by atoms with van der Waals surface area (Å²) < 4.78 is 5.44. The molecule has 16 heavy (non-hydrogen) atoms. The summed E-state index contributed by atoms with van der Waals surface area (Å²) >= 11 is 1.79. The zero-order valence-corrected chi connectivity index (χ0v) is 10.8. The maximum absolute atomic E-state index is 5.44. The Labute approximate surface area is 102 Å². The van der Waals surface area contributed by atoms with Gasteiger partial charge in [-0.1, -0.05) is 12.1 Å². The molecule has 0 saturated carbocycles. The highest BCUT2D eigenvalue weighted by Gasteiger charge is 2.18. The Morgan fingerprint density at radius 1 is 1.38 bits per heavy atom. The molecule has 0 aliphatic carbocycles. The van der Waals surface area contributed by atoms with E-state index < -0.39 is 0 Å². The molecule has 0 amide bonds. The summed E-state index contributed by atoms with van der Waals surface area (Å²) in [5, 5.41) is 0. The Morgan fingerprint density at radius 2 is 2.12 bits per heavy atom. The van der Waals surface area contributed by atoms with Crippen LogP contribution >= 0.6 is 11.8 Å². The van der Waals surface area contributed by atoms with Crippen molar-refractivity contribution in [3.05, 3.63) is 29.8 Å². The maximum atomic E-state index is 5.44. The quantitative estimate of drug-likeness (QED) is 0.750. The number of morpholine rings is 1. The molecule has 1 heterocycles. The molecule has 2 rings (SSSR count). The Hall–Kier alpha value is -0.510. The summed E-state index contributed by atoms with van der Waals surface area (Å²) in [6.45, 7) is 6.05. The van der Waals surface area contributed by atoms with Gasteiger partial charge in [-0.25, -0.2) is 0 Å². The normalized spacial score (nSPS) is 22.2. The largest absolute Gasteiger partial charge is 0.379 e. The van der Waals surface area contributed by atoms with Gasteiger partial charge in [0.15, 0.2) is 0 Å². The number of thioether (sulfide) groups is 1. The van der Waals surface area contributed by atoms with Crippen molar-refractivity contribution < 1.29 is 4.74 Å². The van der Waals surface area contributed by atoms with Crippen LogP contribution in [0.25, 0.3) is 0 Å². The first-order chi connectivity index (χ1) is 7.79. The van der Waals surface area contributed by atoms with Gasteiger partial charge in [-0.3, -0.25) is 4.90 Å². The van der Waals surface area contributed by atoms with Crippen LogP contribution < -0.4 is 0 Å². The van der Waals surface area contributed by atoms with E-state index in [1.165, 1.54) is 10.5 Å². The van der Waals surface area contributed by atoms with Crippen LogP contribution in [0.15, 0.2) is 29.2 Å². The van der Waals surface area contributed by atoms with Crippen molar-refractivity contribution in [1.82, 2.24) is 4.90 Å². The Morgan fingerprint density at radius 3 is 2.75 bits per heavy atom. The van der Waals surface area contributed by atoms with Gasteiger partial charge < -0.3 is 4.74 Å². The lowest BCUT2D eigenvalue weighted by Gasteiger charge is -2.33. The molecule has 1 atom stereocenters. The fraction of sp³-hybridized carbons (Fsp3) is 0.538. The van der Waals surface area contributed by atoms with Crippen molar-refractivity contribution in [2.75, 3.05) is 26.0 Å². The second-order valence-corrected chi connectivity index (χ2v) is 5.12. The molecule has 3 heteroatoms. The number of nitrogens with zero attached hydrogens (tertiary/aromatic N) is 1. The average molecular weight is 237 g/mol. The molecule has 2 nitrogen and oxygen atoms in total. The van der Waals surface area contributed by atoms with Crippen LogP contribution in [0.1, 0.15) is 12.5 Å². The highest BCUT2D eigenvalue weighted by molar-refractivity contribution is 7.98. The van der Waals surface area contributed by atoms with E-state index in [2.05, 4.69) is 42.3 Å². The van der Waals surface area contributed by atoms with Crippen LogP contribution in [0.2, 0.25) is 0 Å². The van der Waals surface area contributed by atoms with Crippen molar-refractivity contribution in [3.63, 3.8) is 0 Å². The van der Waals surface area contributed by atoms with E-state index in [9.17, 15) is 0 Å². The molecule has 1 aliphatic heterocycles. The Kier molecular flexibility index (Phi) is 4.27. The van der Waals surface area contributed by atoms with E-state index in [4.69, 9.17) is 4.74 Å². The van der Waals surface area contributed by atoms with Gasteiger partial charge in [-0.05, 0) is 30.9 Å². The van der Waals surface area contributed by atoms with Crippen molar-refractivity contribution in [2.45, 2.75) is 24.4 Å². The third-order valence-corrected chi connectivity index (χ3v) is 3.79. The number of benzene rings is 1. The molecule has 88 valence electrons. The third-order valence-electron chi connectivity index (χ3n) is 3.05. The first-order valence-corrected chi connectivity index (χ1v) is 6.97. The van der Waals surface area contributed by atoms with Crippen LogP contribution in [0.4, 0.5) is 0 Å². The molecule has 1 aromatic rings. The maximum Gasteiger partial charge on any atom is 0.0619 e. The number of hydrogen-bond acceptors (Lipinski definition) is 3. The number of ether oxygens (including phenoxy) is 1. The summed E-state index contributed by atoms with van der Waals surface area (Å²) in [5.74, 6) is 0. The molecule has 0 aromatic heterocycles. The zero-order chi connectivity index (χ0) is 11.4. The summed E-state index contributed by atoms with van der Waals surface area (Å²) in [7, 11) is 0. The molecular formula is C13H19NOS. The molecule has 0 radical (unpaired) electrons. The summed E-state index contributed by atoms with van der Waals surface area (Å²) in [6.07, 6.45) is 2.11. The van der Waals surface area contributed by atoms with Crippen molar-refractivity contribution in [3.8, 4) is 0 Å². The predicted molar refractivity (Wildman–Crippen MR) is 68.9 cm³/mol. The molecule has 1 aromatic carbocycles. The molecule has 1 saturated heterocycles. The van der Waals surface area contributed by atoms with Crippen molar-refractivity contribution in [1.29, 1.82) is 0 Å². The van der Waals surface area contributed by atoms with Gasteiger partial charge in [0.1, 0.15) is 0 Å². The molecule has 1 fully saturated rings. The lowest BCUT2D eigenvalue weighted by molar-refractivity contribution is -0.00437. The van der Waals surface area contributed by atoms with E-state index in [-0.39, 0.29) is 0 Å². The van der Waals surface area contributed by atoms with E-state index in [1.54, 1.807) is 11.8 Å². The van der Waals surface area contributed by atoms with Gasteiger partial charge in [-0.15, -0.1) is 11.8 Å². The highest BCUT2D eigenvalue weighted by Crippen LogP contribution is 2.17. The topological polar surface area (TPSA) is 12.5 Å². The van der Waals surface area contributed by atoms with Crippen molar-refractivity contribution >= 4 is 11.8 Å². The molecule has 1 aliphatic rings. The third kappa shape index (κ3) is 3.00. The Balaban J connectivity index is 1.96. The van der Waals surface area contributed by atoms with E-state index in [1.807, 2.05) is 0 Å². The fourth-order valence-corrected chi connectivity index (χ4v) is 2.37. The highest BCUT2D eigenvalue weighted by atomic mass is 32.2. The van der Waals surface area contributed by atoms with Gasteiger partial charge in [-0.2, -0.15) is 0 Å². The molecule has 0 bridgehead atoms. The van der Waals surface area contributed by atoms with Crippen LogP contribution in [-0.4, -0.2) is 37.0 Å². The van der Waals surface area contributed by atoms with Gasteiger partial charge in [0.05, 0.1) is 13.2 Å². The molecule has 0 unspecified atom stereocenters. The lowest BCUT2D eigenvalue weighted by Crippen LogP contribution is -2.42. The predicted octanol–water partition coefficient (Wildman–Crippen LogP) is 2.63. The minimum absolute atomic E-state index is 0.536. The first-order valence-electron chi connectivity index (χ1n) is 5.74. The van der Waals surface area contributed by atoms with E-state index in [0.717, 1.165) is 26.3 Å². The second-order valence-electron chi connectivity index (χ2n) is 4.24. The second kappa shape index (κ2) is 5.71. The number of hydrogen-bond donors (Lipinski definition) is 0. The standard InChI is InChI=1S/C13H19NOS/c1-11-10-15-8-7-14(11)9-12-3-5-13(16-2)6-4-12/h3-6,11H,7-10H2,1-2H3/t11-/m0/s1. The molecule has 0 spiro atoms. The SMILES string of the molecule is CSc1ccc(CN2CCOC[C@@H]2C)cc1. The average Bonchev–Trinajstić information content (AvgIpc) is 2.33. The van der Waals surface area contributed by atoms with E-state index in [0.29, 0.717) is 6.04 Å². The Bertz CT molecular complexity index is 325. The smallest absolute Gasteiger partial charge is 0.0619 e. The lowest BCUT2D eigenvalue weighted by atomic mass is 10.1. The van der Waals surface area contributed by atoms with Gasteiger partial charge >= 0.3 is 0 Å². The zero-order valence-electron chi connectivity index (χ0n) is 9.98. The number of rotatable bonds is 3. The first kappa shape index (κ1) is 12.0.